The number of hydrogen-bond acceptors (Lipinski definition) is 8. The standard InChI is InChI=1S/C27H26FN5O4S/c1-17-16-33(10-11-37-17)26-5-3-4-22(32-26)23-9-7-19-14-29-20(13-24(19)31-23)15-30-27(34)18-6-8-21(28)25(12-18)38(2,35)36/h3-9,12-14,17H,10-11,15-16H2,1-2H3,(H,30,34)/t17-/m0/s1. The van der Waals surface area contributed by atoms with Crippen LogP contribution in [0.2, 0.25) is 0 Å². The summed E-state index contributed by atoms with van der Waals surface area (Å²) in [6.07, 6.45) is 2.71. The minimum atomic E-state index is -3.81. The van der Waals surface area contributed by atoms with E-state index in [4.69, 9.17) is 14.7 Å². The number of carbonyl (C=O) groups is 1. The fraction of sp³-hybridized carbons (Fsp3) is 0.259. The van der Waals surface area contributed by atoms with Crippen LogP contribution in [0.1, 0.15) is 23.0 Å². The largest absolute Gasteiger partial charge is 0.375 e. The molecule has 0 spiro atoms. The maximum absolute atomic E-state index is 13.9. The number of halogens is 1. The summed E-state index contributed by atoms with van der Waals surface area (Å²) in [6.45, 7) is 4.33. The van der Waals surface area contributed by atoms with E-state index in [2.05, 4.69) is 15.2 Å². The molecule has 1 N–H and O–H groups in total. The molecule has 4 aromatic rings. The summed E-state index contributed by atoms with van der Waals surface area (Å²) in [4.78, 5) is 28.3. The average Bonchev–Trinajstić information content (AvgIpc) is 2.91. The lowest BCUT2D eigenvalue weighted by molar-refractivity contribution is 0.0529. The Morgan fingerprint density at radius 3 is 2.74 bits per heavy atom. The highest BCUT2D eigenvalue weighted by Gasteiger charge is 2.19. The number of amides is 1. The van der Waals surface area contributed by atoms with Crippen molar-refractivity contribution in [1.82, 2.24) is 20.3 Å². The second kappa shape index (κ2) is 10.4. The Bertz CT molecular complexity index is 1630. The summed E-state index contributed by atoms with van der Waals surface area (Å²) in [5, 5.41) is 3.53. The zero-order valence-corrected chi connectivity index (χ0v) is 21.7. The number of carbonyl (C=O) groups excluding carboxylic acids is 1. The van der Waals surface area contributed by atoms with E-state index in [-0.39, 0.29) is 18.2 Å². The van der Waals surface area contributed by atoms with Crippen LogP contribution in [0, 0.1) is 5.82 Å². The Hall–Kier alpha value is -3.96. The van der Waals surface area contributed by atoms with Crippen LogP contribution >= 0.6 is 0 Å². The smallest absolute Gasteiger partial charge is 0.251 e. The molecule has 1 saturated heterocycles. The van der Waals surface area contributed by atoms with Crippen LogP contribution in [0.15, 0.2) is 65.7 Å². The molecule has 5 rings (SSSR count). The van der Waals surface area contributed by atoms with Gasteiger partial charge in [0.1, 0.15) is 16.5 Å². The summed E-state index contributed by atoms with van der Waals surface area (Å²) in [6, 6.07) is 14.7. The lowest BCUT2D eigenvalue weighted by Gasteiger charge is -2.32. The van der Waals surface area contributed by atoms with Crippen molar-refractivity contribution in [3.05, 3.63) is 77.9 Å². The van der Waals surface area contributed by atoms with Crippen molar-refractivity contribution in [2.45, 2.75) is 24.5 Å². The minimum absolute atomic E-state index is 0.0358. The molecule has 0 unspecified atom stereocenters. The molecule has 4 heterocycles. The fourth-order valence-electron chi connectivity index (χ4n) is 4.27. The summed E-state index contributed by atoms with van der Waals surface area (Å²) >= 11 is 0. The van der Waals surface area contributed by atoms with E-state index in [1.807, 2.05) is 37.3 Å². The molecule has 9 nitrogen and oxygen atoms in total. The predicted octanol–water partition coefficient (Wildman–Crippen LogP) is 3.39. The molecule has 1 aliphatic heterocycles. The van der Waals surface area contributed by atoms with Crippen molar-refractivity contribution >= 4 is 32.5 Å². The van der Waals surface area contributed by atoms with E-state index in [9.17, 15) is 17.6 Å². The predicted molar refractivity (Wildman–Crippen MR) is 141 cm³/mol. The highest BCUT2D eigenvalue weighted by atomic mass is 32.2. The molecule has 0 radical (unpaired) electrons. The van der Waals surface area contributed by atoms with Gasteiger partial charge >= 0.3 is 0 Å². The number of sulfone groups is 1. The number of aromatic nitrogens is 3. The second-order valence-electron chi connectivity index (χ2n) is 9.17. The van der Waals surface area contributed by atoms with Crippen molar-refractivity contribution in [3.8, 4) is 11.4 Å². The van der Waals surface area contributed by atoms with Gasteiger partial charge in [-0.05, 0) is 55.5 Å². The first-order chi connectivity index (χ1) is 18.2. The molecule has 1 aliphatic rings. The number of morpholine rings is 1. The number of fused-ring (bicyclic) bond motifs is 1. The first-order valence-electron chi connectivity index (χ1n) is 12.0. The molecular formula is C27H26FN5O4S. The number of nitrogens with zero attached hydrogens (tertiary/aromatic N) is 4. The van der Waals surface area contributed by atoms with Crippen LogP contribution in [-0.4, -0.2) is 61.3 Å². The van der Waals surface area contributed by atoms with Gasteiger partial charge < -0.3 is 15.0 Å². The van der Waals surface area contributed by atoms with Gasteiger partial charge in [0.25, 0.3) is 5.91 Å². The van der Waals surface area contributed by atoms with Gasteiger partial charge in [-0.25, -0.2) is 22.8 Å². The molecule has 0 bridgehead atoms. The van der Waals surface area contributed by atoms with Crippen molar-refractivity contribution in [3.63, 3.8) is 0 Å². The van der Waals surface area contributed by atoms with Crippen LogP contribution in [0.3, 0.4) is 0 Å². The molecule has 0 saturated carbocycles. The third kappa shape index (κ3) is 5.63. The van der Waals surface area contributed by atoms with Gasteiger partial charge in [-0.15, -0.1) is 0 Å². The maximum atomic E-state index is 13.9. The lowest BCUT2D eigenvalue weighted by atomic mass is 10.1. The first kappa shape index (κ1) is 25.7. The molecular weight excluding hydrogens is 509 g/mol. The van der Waals surface area contributed by atoms with Crippen molar-refractivity contribution in [2.24, 2.45) is 0 Å². The molecule has 1 atom stereocenters. The highest BCUT2D eigenvalue weighted by Crippen LogP contribution is 2.23. The topological polar surface area (TPSA) is 114 Å². The molecule has 1 aromatic carbocycles. The summed E-state index contributed by atoms with van der Waals surface area (Å²) in [5.74, 6) is -0.573. The Labute approximate surface area is 219 Å². The number of anilines is 1. The van der Waals surface area contributed by atoms with Crippen LogP contribution in [-0.2, 0) is 21.1 Å². The molecule has 11 heteroatoms. The number of ether oxygens (including phenoxy) is 1. The Morgan fingerprint density at radius 2 is 1.95 bits per heavy atom. The number of rotatable bonds is 6. The van der Waals surface area contributed by atoms with Gasteiger partial charge in [0, 0.05) is 36.5 Å². The van der Waals surface area contributed by atoms with Gasteiger partial charge in [-0.1, -0.05) is 6.07 Å². The summed E-state index contributed by atoms with van der Waals surface area (Å²) in [7, 11) is -3.81. The van der Waals surface area contributed by atoms with Gasteiger partial charge in [-0.2, -0.15) is 0 Å². The lowest BCUT2D eigenvalue weighted by Crippen LogP contribution is -2.41. The van der Waals surface area contributed by atoms with Crippen LogP contribution in [0.5, 0.6) is 0 Å². The van der Waals surface area contributed by atoms with Crippen LogP contribution < -0.4 is 10.2 Å². The van der Waals surface area contributed by atoms with E-state index in [0.717, 1.165) is 48.4 Å². The normalized spacial score (nSPS) is 16.0. The van der Waals surface area contributed by atoms with Crippen molar-refractivity contribution in [2.75, 3.05) is 30.9 Å². The Morgan fingerprint density at radius 1 is 1.13 bits per heavy atom. The number of benzene rings is 1. The summed E-state index contributed by atoms with van der Waals surface area (Å²) < 4.78 is 43.1. The molecule has 38 heavy (non-hydrogen) atoms. The van der Waals surface area contributed by atoms with E-state index in [1.165, 1.54) is 6.07 Å². The van der Waals surface area contributed by atoms with Gasteiger partial charge in [0.15, 0.2) is 9.84 Å². The third-order valence-corrected chi connectivity index (χ3v) is 7.33. The minimum Gasteiger partial charge on any atom is -0.375 e. The molecule has 1 amide bonds. The zero-order valence-electron chi connectivity index (χ0n) is 20.9. The SMILES string of the molecule is C[C@H]1CN(c2cccc(-c3ccc4cnc(CNC(=O)c5ccc(F)c(S(C)(=O)=O)c5)cc4n3)n2)CCO1. The first-order valence-corrected chi connectivity index (χ1v) is 13.9. The van der Waals surface area contributed by atoms with Gasteiger partial charge in [-0.3, -0.25) is 9.78 Å². The highest BCUT2D eigenvalue weighted by molar-refractivity contribution is 7.90. The third-order valence-electron chi connectivity index (χ3n) is 6.22. The van der Waals surface area contributed by atoms with Crippen molar-refractivity contribution < 1.29 is 22.3 Å². The van der Waals surface area contributed by atoms with Gasteiger partial charge in [0.05, 0.1) is 41.9 Å². The zero-order chi connectivity index (χ0) is 26.9. The molecule has 3 aromatic heterocycles. The van der Waals surface area contributed by atoms with Crippen molar-refractivity contribution in [1.29, 1.82) is 0 Å². The second-order valence-corrected chi connectivity index (χ2v) is 11.2. The quantitative estimate of drug-likeness (QED) is 0.400. The van der Waals surface area contributed by atoms with E-state index >= 15 is 0 Å². The average molecular weight is 536 g/mol. The number of hydrogen-bond donors (Lipinski definition) is 1. The Balaban J connectivity index is 1.34. The van der Waals surface area contributed by atoms with E-state index < -0.39 is 26.5 Å². The monoisotopic (exact) mass is 535 g/mol. The van der Waals surface area contributed by atoms with E-state index in [1.54, 1.807) is 12.3 Å². The molecule has 1 fully saturated rings. The van der Waals surface area contributed by atoms with E-state index in [0.29, 0.717) is 23.5 Å². The maximum Gasteiger partial charge on any atom is 0.251 e. The van der Waals surface area contributed by atoms with Crippen LogP contribution in [0.4, 0.5) is 10.2 Å². The molecule has 196 valence electrons. The number of pyridine rings is 3. The summed E-state index contributed by atoms with van der Waals surface area (Å²) in [5.41, 5.74) is 2.74. The fourth-order valence-corrected chi connectivity index (χ4v) is 5.03. The Kier molecular flexibility index (Phi) is 7.04. The van der Waals surface area contributed by atoms with Crippen LogP contribution in [0.25, 0.3) is 22.3 Å². The molecule has 0 aliphatic carbocycles. The number of nitrogens with one attached hydrogen (secondary N) is 1. The van der Waals surface area contributed by atoms with Gasteiger partial charge in [0.2, 0.25) is 0 Å².